The average Bonchev–Trinajstić information content (AvgIpc) is 2.02. The monoisotopic (exact) mass is 190 g/mol. The Balaban J connectivity index is 4.58. The third-order valence-corrected chi connectivity index (χ3v) is 4.61. The molecule has 12 heavy (non-hydrogen) atoms. The molecule has 0 heterocycles. The lowest BCUT2D eigenvalue weighted by Crippen LogP contribution is -2.41. The first-order chi connectivity index (χ1) is 5.29. The van der Waals surface area contributed by atoms with Gasteiger partial charge in [0.25, 0.3) is 0 Å². The molecule has 1 heteroatoms. The highest BCUT2D eigenvalue weighted by molar-refractivity contribution is 6.24. The van der Waals surface area contributed by atoms with E-state index < -0.39 is 0 Å². The van der Waals surface area contributed by atoms with Crippen molar-refractivity contribution in [2.24, 2.45) is 11.3 Å². The first-order valence-corrected chi connectivity index (χ1v) is 5.36. The number of hydrogen-bond donors (Lipinski definition) is 0. The van der Waals surface area contributed by atoms with Crippen molar-refractivity contribution in [2.75, 3.05) is 0 Å². The highest BCUT2D eigenvalue weighted by Crippen LogP contribution is 2.45. The number of alkyl halides is 1. The SMILES string of the molecule is CCC(C)C(C)(C)C(C)(Cl)CC. The highest BCUT2D eigenvalue weighted by atomic mass is 35.5. The summed E-state index contributed by atoms with van der Waals surface area (Å²) in [6, 6.07) is 0. The Bertz CT molecular complexity index is 136. The molecule has 2 unspecified atom stereocenters. The largest absolute Gasteiger partial charge is 0.119 e. The van der Waals surface area contributed by atoms with Gasteiger partial charge in [-0.1, -0.05) is 41.0 Å². The van der Waals surface area contributed by atoms with Crippen molar-refractivity contribution in [3.05, 3.63) is 0 Å². The zero-order valence-corrected chi connectivity index (χ0v) is 10.1. The molecule has 0 aromatic heterocycles. The van der Waals surface area contributed by atoms with Gasteiger partial charge < -0.3 is 0 Å². The minimum atomic E-state index is -0.0670. The molecule has 0 nitrogen and oxygen atoms in total. The summed E-state index contributed by atoms with van der Waals surface area (Å²) in [7, 11) is 0. The Labute approximate surface area is 82.7 Å². The van der Waals surface area contributed by atoms with Crippen LogP contribution in [-0.4, -0.2) is 4.87 Å². The van der Waals surface area contributed by atoms with Crippen LogP contribution in [0.4, 0.5) is 0 Å². The van der Waals surface area contributed by atoms with E-state index in [1.54, 1.807) is 0 Å². The van der Waals surface area contributed by atoms with Crippen LogP contribution in [0.2, 0.25) is 0 Å². The molecule has 0 aromatic rings. The van der Waals surface area contributed by atoms with Crippen LogP contribution in [0.1, 0.15) is 54.4 Å². The summed E-state index contributed by atoms with van der Waals surface area (Å²) < 4.78 is 0. The summed E-state index contributed by atoms with van der Waals surface area (Å²) in [6.07, 6.45) is 2.24. The van der Waals surface area contributed by atoms with E-state index in [1.807, 2.05) is 0 Å². The lowest BCUT2D eigenvalue weighted by Gasteiger charge is -2.43. The summed E-state index contributed by atoms with van der Waals surface area (Å²) >= 11 is 6.49. The van der Waals surface area contributed by atoms with E-state index in [1.165, 1.54) is 6.42 Å². The van der Waals surface area contributed by atoms with Crippen LogP contribution in [0.25, 0.3) is 0 Å². The van der Waals surface area contributed by atoms with Crippen LogP contribution in [-0.2, 0) is 0 Å². The van der Waals surface area contributed by atoms with Crippen molar-refractivity contribution in [3.63, 3.8) is 0 Å². The second-order valence-corrected chi connectivity index (χ2v) is 5.42. The lowest BCUT2D eigenvalue weighted by atomic mass is 9.68. The maximum absolute atomic E-state index is 6.49. The Morgan fingerprint density at radius 3 is 1.83 bits per heavy atom. The predicted molar refractivity (Wildman–Crippen MR) is 57.8 cm³/mol. The van der Waals surface area contributed by atoms with E-state index in [2.05, 4.69) is 41.5 Å². The molecule has 0 bridgehead atoms. The van der Waals surface area contributed by atoms with Crippen molar-refractivity contribution >= 4 is 11.6 Å². The van der Waals surface area contributed by atoms with Crippen LogP contribution >= 0.6 is 11.6 Å². The van der Waals surface area contributed by atoms with Gasteiger partial charge in [0.2, 0.25) is 0 Å². The van der Waals surface area contributed by atoms with Crippen molar-refractivity contribution in [1.29, 1.82) is 0 Å². The van der Waals surface area contributed by atoms with E-state index in [0.29, 0.717) is 5.92 Å². The van der Waals surface area contributed by atoms with Gasteiger partial charge in [0, 0.05) is 4.87 Å². The summed E-state index contributed by atoms with van der Waals surface area (Å²) in [6.45, 7) is 13.4. The van der Waals surface area contributed by atoms with Gasteiger partial charge in [0.05, 0.1) is 0 Å². The van der Waals surface area contributed by atoms with Crippen LogP contribution < -0.4 is 0 Å². The Hall–Kier alpha value is 0.290. The molecule has 0 fully saturated rings. The number of hydrogen-bond acceptors (Lipinski definition) is 0. The molecule has 0 rings (SSSR count). The van der Waals surface area contributed by atoms with E-state index >= 15 is 0 Å². The van der Waals surface area contributed by atoms with Crippen molar-refractivity contribution < 1.29 is 0 Å². The van der Waals surface area contributed by atoms with Crippen LogP contribution in [0.5, 0.6) is 0 Å². The molecule has 0 aliphatic rings. The smallest absolute Gasteiger partial charge is 0.0469 e. The van der Waals surface area contributed by atoms with E-state index in [4.69, 9.17) is 11.6 Å². The third-order valence-electron chi connectivity index (χ3n) is 3.85. The minimum Gasteiger partial charge on any atom is -0.119 e. The molecule has 0 saturated carbocycles. The molecule has 0 amide bonds. The van der Waals surface area contributed by atoms with Gasteiger partial charge in [-0.3, -0.25) is 0 Å². The van der Waals surface area contributed by atoms with Gasteiger partial charge in [0.1, 0.15) is 0 Å². The van der Waals surface area contributed by atoms with Crippen molar-refractivity contribution in [1.82, 2.24) is 0 Å². The summed E-state index contributed by atoms with van der Waals surface area (Å²) in [5, 5.41) is 0. The molecular formula is C11H23Cl. The lowest BCUT2D eigenvalue weighted by molar-refractivity contribution is 0.152. The van der Waals surface area contributed by atoms with E-state index in [0.717, 1.165) is 6.42 Å². The maximum atomic E-state index is 6.49. The minimum absolute atomic E-state index is 0.0670. The van der Waals surface area contributed by atoms with E-state index in [-0.39, 0.29) is 10.3 Å². The van der Waals surface area contributed by atoms with Crippen LogP contribution in [0.15, 0.2) is 0 Å². The normalized spacial score (nSPS) is 20.2. The second kappa shape index (κ2) is 4.00. The first kappa shape index (κ1) is 12.3. The fourth-order valence-corrected chi connectivity index (χ4v) is 1.67. The molecule has 0 aromatic carbocycles. The molecule has 0 aliphatic heterocycles. The predicted octanol–water partition coefficient (Wildman–Crippen LogP) is 4.47. The Kier molecular flexibility index (Phi) is 4.10. The first-order valence-electron chi connectivity index (χ1n) is 4.98. The summed E-state index contributed by atoms with van der Waals surface area (Å²) in [4.78, 5) is -0.0670. The maximum Gasteiger partial charge on any atom is 0.0469 e. The van der Waals surface area contributed by atoms with Gasteiger partial charge >= 0.3 is 0 Å². The van der Waals surface area contributed by atoms with Gasteiger partial charge in [0.15, 0.2) is 0 Å². The summed E-state index contributed by atoms with van der Waals surface area (Å²) in [5.74, 6) is 0.681. The molecule has 0 N–H and O–H groups in total. The van der Waals surface area contributed by atoms with Crippen LogP contribution in [0, 0.1) is 11.3 Å². The topological polar surface area (TPSA) is 0 Å². The van der Waals surface area contributed by atoms with Crippen LogP contribution in [0.3, 0.4) is 0 Å². The van der Waals surface area contributed by atoms with Crippen molar-refractivity contribution in [2.45, 2.75) is 59.3 Å². The third kappa shape index (κ3) is 2.16. The van der Waals surface area contributed by atoms with Gasteiger partial charge in [-0.2, -0.15) is 0 Å². The number of halogens is 1. The quantitative estimate of drug-likeness (QED) is 0.574. The second-order valence-electron chi connectivity index (χ2n) is 4.58. The average molecular weight is 191 g/mol. The van der Waals surface area contributed by atoms with Gasteiger partial charge in [-0.25, -0.2) is 0 Å². The molecule has 74 valence electrons. The zero-order valence-electron chi connectivity index (χ0n) is 9.37. The number of rotatable bonds is 4. The highest BCUT2D eigenvalue weighted by Gasteiger charge is 2.40. The summed E-state index contributed by atoms with van der Waals surface area (Å²) in [5.41, 5.74) is 0.220. The molecule has 0 aliphatic carbocycles. The standard InChI is InChI=1S/C11H23Cl/c1-7-9(3)10(4,5)11(6,12)8-2/h9H,7-8H2,1-6H3. The Morgan fingerprint density at radius 1 is 1.17 bits per heavy atom. The fraction of sp³-hybridized carbons (Fsp3) is 1.00. The molecule has 0 spiro atoms. The van der Waals surface area contributed by atoms with E-state index in [9.17, 15) is 0 Å². The molecule has 0 saturated heterocycles. The Morgan fingerprint density at radius 2 is 1.58 bits per heavy atom. The molecule has 0 radical (unpaired) electrons. The molecule has 2 atom stereocenters. The van der Waals surface area contributed by atoms with Gasteiger partial charge in [-0.05, 0) is 24.7 Å². The van der Waals surface area contributed by atoms with Gasteiger partial charge in [-0.15, -0.1) is 11.6 Å². The zero-order chi connectivity index (χ0) is 9.99. The molecular weight excluding hydrogens is 168 g/mol. The fourth-order valence-electron chi connectivity index (χ4n) is 1.48. The van der Waals surface area contributed by atoms with Crippen molar-refractivity contribution in [3.8, 4) is 0 Å².